The maximum atomic E-state index is 11.5. The Labute approximate surface area is 467 Å². The van der Waals surface area contributed by atoms with Gasteiger partial charge in [0, 0.05) is 19.4 Å². The van der Waals surface area contributed by atoms with Crippen molar-refractivity contribution in [1.82, 2.24) is 0 Å². The van der Waals surface area contributed by atoms with Gasteiger partial charge in [0.15, 0.2) is 0 Å². The standard InChI is InChI=1S/C53H106O25/c1-52(2)53(54)4-5-56-8-9-58-12-13-60-16-17-62-20-21-64-24-25-66-28-29-68-32-33-70-36-37-72-40-41-74-44-45-76-48-49-78-51-50-77-47-46-75-43-42-73-39-38-71-35-34-69-31-30-67-27-26-65-23-22-63-19-18-61-15-14-59-11-10-57-7-6-55-3/h52H,4-51H2,1-3H3. The zero-order valence-electron chi connectivity index (χ0n) is 48.2. The summed E-state index contributed by atoms with van der Waals surface area (Å²) in [7, 11) is 1.64. The largest absolute Gasteiger partial charge is 0.382 e. The molecule has 0 atom stereocenters. The summed E-state index contributed by atoms with van der Waals surface area (Å²) in [6.45, 7) is 27.1. The Kier molecular flexibility index (Phi) is 70.6. The molecular formula is C53H106O25. The van der Waals surface area contributed by atoms with Crippen LogP contribution in [-0.2, 0) is 118 Å². The Morgan fingerprint density at radius 3 is 0.397 bits per heavy atom. The highest BCUT2D eigenvalue weighted by Gasteiger charge is 2.06. The average molecular weight is 1140 g/mol. The monoisotopic (exact) mass is 1140 g/mol. The van der Waals surface area contributed by atoms with Crippen molar-refractivity contribution in [3.8, 4) is 0 Å². The van der Waals surface area contributed by atoms with Gasteiger partial charge in [-0.3, -0.25) is 4.79 Å². The van der Waals surface area contributed by atoms with Crippen LogP contribution in [0.15, 0.2) is 0 Å². The second-order valence-electron chi connectivity index (χ2n) is 16.4. The number of ether oxygens (including phenoxy) is 24. The molecule has 0 aromatic carbocycles. The highest BCUT2D eigenvalue weighted by molar-refractivity contribution is 5.80. The highest BCUT2D eigenvalue weighted by Crippen LogP contribution is 1.99. The fraction of sp³-hybridized carbons (Fsp3) is 0.981. The number of carbonyl (C=O) groups is 1. The molecule has 0 radical (unpaired) electrons. The minimum absolute atomic E-state index is 0.0513. The van der Waals surface area contributed by atoms with Crippen LogP contribution in [0.1, 0.15) is 20.3 Å². The number of hydrogen-bond donors (Lipinski definition) is 0. The third kappa shape index (κ3) is 70.8. The summed E-state index contributed by atoms with van der Waals surface area (Å²) < 4.78 is 131. The number of carbonyl (C=O) groups excluding carboxylic acids is 1. The van der Waals surface area contributed by atoms with Crippen LogP contribution < -0.4 is 0 Å². The van der Waals surface area contributed by atoms with Crippen molar-refractivity contribution >= 4 is 5.78 Å². The quantitative estimate of drug-likeness (QED) is 0.0787. The minimum atomic E-state index is 0.0513. The first kappa shape index (κ1) is 76.7. The average Bonchev–Trinajstić information content (AvgIpc) is 3.44. The number of hydrogen-bond acceptors (Lipinski definition) is 25. The second-order valence-corrected chi connectivity index (χ2v) is 16.4. The molecule has 25 heteroatoms. The molecule has 0 fully saturated rings. The number of rotatable bonds is 73. The van der Waals surface area contributed by atoms with Crippen LogP contribution >= 0.6 is 0 Å². The number of Topliss-reactive ketones (excluding diaryl/α,β-unsaturated/α-hetero) is 1. The van der Waals surface area contributed by atoms with E-state index in [0.29, 0.717) is 317 Å². The van der Waals surface area contributed by atoms with Gasteiger partial charge in [0.25, 0.3) is 0 Å². The Morgan fingerprint density at radius 2 is 0.295 bits per heavy atom. The molecule has 0 aliphatic heterocycles. The van der Waals surface area contributed by atoms with Crippen LogP contribution in [-0.4, -0.2) is 323 Å². The summed E-state index contributed by atoms with van der Waals surface area (Å²) in [6.07, 6.45) is 0.447. The molecule has 0 rings (SSSR count). The minimum Gasteiger partial charge on any atom is -0.382 e. The summed E-state index contributed by atoms with van der Waals surface area (Å²) in [5, 5.41) is 0. The molecule has 0 bridgehead atoms. The molecule has 0 aliphatic rings. The molecule has 0 aromatic rings. The second kappa shape index (κ2) is 71.8. The summed E-state index contributed by atoms with van der Waals surface area (Å²) in [5.74, 6) is 0.265. The third-order valence-electron chi connectivity index (χ3n) is 9.75. The molecule has 0 aliphatic carbocycles. The smallest absolute Gasteiger partial charge is 0.137 e. The molecule has 0 saturated heterocycles. The SMILES string of the molecule is COCCOCCOCCOCCOCCOCCOCCOCCOCCOCCOCCOCCOCCOCCOCCOCCOCCOCCOCCOCCOCCOCCOCCOCCC(=O)C(C)C. The molecule has 0 amide bonds. The Morgan fingerprint density at radius 1 is 0.192 bits per heavy atom. The van der Waals surface area contributed by atoms with E-state index in [1.807, 2.05) is 13.8 Å². The van der Waals surface area contributed by atoms with Crippen LogP contribution in [0, 0.1) is 5.92 Å². The molecule has 0 heterocycles. The maximum Gasteiger partial charge on any atom is 0.137 e. The van der Waals surface area contributed by atoms with E-state index in [-0.39, 0.29) is 11.7 Å². The van der Waals surface area contributed by atoms with Gasteiger partial charge < -0.3 is 114 Å². The fourth-order valence-electron chi connectivity index (χ4n) is 5.54. The van der Waals surface area contributed by atoms with Crippen molar-refractivity contribution in [2.75, 3.05) is 318 Å². The number of ketones is 1. The lowest BCUT2D eigenvalue weighted by atomic mass is 10.1. The van der Waals surface area contributed by atoms with Gasteiger partial charge in [0.05, 0.1) is 311 Å². The number of methoxy groups -OCH3 is 1. The van der Waals surface area contributed by atoms with E-state index in [1.165, 1.54) is 0 Å². The topological polar surface area (TPSA) is 239 Å². The fourth-order valence-corrected chi connectivity index (χ4v) is 5.54. The van der Waals surface area contributed by atoms with Crippen LogP contribution in [0.4, 0.5) is 0 Å². The van der Waals surface area contributed by atoms with Crippen molar-refractivity contribution in [2.45, 2.75) is 20.3 Å². The van der Waals surface area contributed by atoms with Gasteiger partial charge in [-0.2, -0.15) is 0 Å². The summed E-state index contributed by atoms with van der Waals surface area (Å²) in [5.41, 5.74) is 0. The zero-order valence-corrected chi connectivity index (χ0v) is 48.2. The first-order chi connectivity index (χ1) is 38.7. The van der Waals surface area contributed by atoms with E-state index in [1.54, 1.807) is 7.11 Å². The Balaban J connectivity index is 3.09. The van der Waals surface area contributed by atoms with Crippen molar-refractivity contribution < 1.29 is 118 Å². The molecular weight excluding hydrogens is 1040 g/mol. The van der Waals surface area contributed by atoms with Gasteiger partial charge in [-0.15, -0.1) is 0 Å². The van der Waals surface area contributed by atoms with E-state index < -0.39 is 0 Å². The predicted molar refractivity (Wildman–Crippen MR) is 285 cm³/mol. The molecule has 468 valence electrons. The molecule has 0 aromatic heterocycles. The lowest BCUT2D eigenvalue weighted by molar-refractivity contribution is -0.123. The molecule has 25 nitrogen and oxygen atoms in total. The van der Waals surface area contributed by atoms with E-state index >= 15 is 0 Å². The van der Waals surface area contributed by atoms with Crippen molar-refractivity contribution in [3.05, 3.63) is 0 Å². The van der Waals surface area contributed by atoms with Crippen molar-refractivity contribution in [3.63, 3.8) is 0 Å². The molecule has 78 heavy (non-hydrogen) atoms. The van der Waals surface area contributed by atoms with Gasteiger partial charge in [0.1, 0.15) is 5.78 Å². The highest BCUT2D eigenvalue weighted by atomic mass is 16.6. The Hall–Kier alpha value is -1.29. The summed E-state index contributed by atoms with van der Waals surface area (Å²) in [6, 6.07) is 0. The predicted octanol–water partition coefficient (Wildman–Crippen LogP) is 1.63. The molecule has 0 unspecified atom stereocenters. The van der Waals surface area contributed by atoms with E-state index in [9.17, 15) is 4.79 Å². The summed E-state index contributed by atoms with van der Waals surface area (Å²) >= 11 is 0. The zero-order chi connectivity index (χ0) is 56.1. The normalized spacial score (nSPS) is 11.8. The first-order valence-corrected chi connectivity index (χ1v) is 28.0. The molecule has 0 saturated carbocycles. The van der Waals surface area contributed by atoms with Gasteiger partial charge in [-0.05, 0) is 0 Å². The van der Waals surface area contributed by atoms with Crippen LogP contribution in [0.25, 0.3) is 0 Å². The van der Waals surface area contributed by atoms with Gasteiger partial charge in [0.2, 0.25) is 0 Å². The molecule has 0 N–H and O–H groups in total. The third-order valence-corrected chi connectivity index (χ3v) is 9.75. The van der Waals surface area contributed by atoms with Crippen LogP contribution in [0.5, 0.6) is 0 Å². The van der Waals surface area contributed by atoms with Gasteiger partial charge in [-0.1, -0.05) is 13.8 Å². The maximum absolute atomic E-state index is 11.5. The first-order valence-electron chi connectivity index (χ1n) is 28.0. The van der Waals surface area contributed by atoms with E-state index in [0.717, 1.165) is 0 Å². The van der Waals surface area contributed by atoms with Gasteiger partial charge >= 0.3 is 0 Å². The lowest BCUT2D eigenvalue weighted by Crippen LogP contribution is -2.16. The Bertz CT molecular complexity index is 1090. The van der Waals surface area contributed by atoms with Crippen molar-refractivity contribution in [2.24, 2.45) is 5.92 Å². The van der Waals surface area contributed by atoms with E-state index in [2.05, 4.69) is 0 Å². The van der Waals surface area contributed by atoms with Crippen LogP contribution in [0.3, 0.4) is 0 Å². The lowest BCUT2D eigenvalue weighted by Gasteiger charge is -2.09. The van der Waals surface area contributed by atoms with Crippen LogP contribution in [0.2, 0.25) is 0 Å². The van der Waals surface area contributed by atoms with E-state index in [4.69, 9.17) is 114 Å². The summed E-state index contributed by atoms with van der Waals surface area (Å²) in [4.78, 5) is 11.5. The van der Waals surface area contributed by atoms with Crippen molar-refractivity contribution in [1.29, 1.82) is 0 Å². The molecule has 0 spiro atoms. The van der Waals surface area contributed by atoms with Gasteiger partial charge in [-0.25, -0.2) is 0 Å².